The first-order valence-electron chi connectivity index (χ1n) is 8.94. The van der Waals surface area contributed by atoms with Gasteiger partial charge < -0.3 is 10.1 Å². The van der Waals surface area contributed by atoms with E-state index >= 15 is 0 Å². The molecular formula is C20H26N2O2S. The Morgan fingerprint density at radius 1 is 1.20 bits per heavy atom. The Hall–Kier alpha value is -1.85. The van der Waals surface area contributed by atoms with Gasteiger partial charge in [-0.05, 0) is 86.4 Å². The Labute approximate surface area is 153 Å². The highest BCUT2D eigenvalue weighted by molar-refractivity contribution is 7.07. The molecule has 1 aliphatic heterocycles. The van der Waals surface area contributed by atoms with Crippen LogP contribution in [0.15, 0.2) is 41.1 Å². The van der Waals surface area contributed by atoms with E-state index in [1.165, 1.54) is 18.4 Å². The molecule has 1 saturated heterocycles. The third-order valence-electron chi connectivity index (χ3n) is 4.45. The van der Waals surface area contributed by atoms with Crippen molar-refractivity contribution >= 4 is 17.2 Å². The molecule has 3 rings (SSSR count). The van der Waals surface area contributed by atoms with Gasteiger partial charge in [0.15, 0.2) is 0 Å². The van der Waals surface area contributed by atoms with Crippen LogP contribution in [0.1, 0.15) is 48.7 Å². The van der Waals surface area contributed by atoms with E-state index in [-0.39, 0.29) is 18.1 Å². The standard InChI is InChI=1S/C20H26N2O2S/c1-15(2)24-18-7-5-16(6-8-18)20(23)21-13-19(17-9-12-25-14-17)22-10-3-4-11-22/h5-9,12,14-15,19H,3-4,10-11,13H2,1-2H3,(H,21,23)/t19-/m0/s1. The summed E-state index contributed by atoms with van der Waals surface area (Å²) in [6, 6.07) is 9.78. The van der Waals surface area contributed by atoms with Crippen molar-refractivity contribution in [3.05, 3.63) is 52.2 Å². The molecule has 1 amide bonds. The van der Waals surface area contributed by atoms with Gasteiger partial charge in [-0.2, -0.15) is 11.3 Å². The number of likely N-dealkylation sites (tertiary alicyclic amines) is 1. The van der Waals surface area contributed by atoms with E-state index in [2.05, 4.69) is 27.0 Å². The van der Waals surface area contributed by atoms with Gasteiger partial charge in [0.25, 0.3) is 5.91 Å². The minimum Gasteiger partial charge on any atom is -0.491 e. The molecule has 2 aromatic rings. The van der Waals surface area contributed by atoms with Gasteiger partial charge in [-0.1, -0.05) is 0 Å². The van der Waals surface area contributed by atoms with Crippen molar-refractivity contribution in [2.24, 2.45) is 0 Å². The van der Waals surface area contributed by atoms with E-state index in [0.29, 0.717) is 12.1 Å². The second-order valence-electron chi connectivity index (χ2n) is 6.72. The van der Waals surface area contributed by atoms with Gasteiger partial charge in [0, 0.05) is 12.1 Å². The number of carbonyl (C=O) groups is 1. The summed E-state index contributed by atoms with van der Waals surface area (Å²) < 4.78 is 5.63. The summed E-state index contributed by atoms with van der Waals surface area (Å²) >= 11 is 1.71. The van der Waals surface area contributed by atoms with Gasteiger partial charge in [0.05, 0.1) is 12.1 Å². The van der Waals surface area contributed by atoms with Gasteiger partial charge in [-0.15, -0.1) is 0 Å². The Morgan fingerprint density at radius 3 is 2.52 bits per heavy atom. The number of thiophene rings is 1. The Bertz CT molecular complexity index is 662. The first-order valence-corrected chi connectivity index (χ1v) is 9.89. The molecular weight excluding hydrogens is 332 g/mol. The summed E-state index contributed by atoms with van der Waals surface area (Å²) in [7, 11) is 0. The van der Waals surface area contributed by atoms with Crippen molar-refractivity contribution < 1.29 is 9.53 Å². The van der Waals surface area contributed by atoms with E-state index in [9.17, 15) is 4.79 Å². The molecule has 0 saturated carbocycles. The molecule has 0 radical (unpaired) electrons. The van der Waals surface area contributed by atoms with E-state index in [1.54, 1.807) is 11.3 Å². The van der Waals surface area contributed by atoms with Crippen LogP contribution in [0.4, 0.5) is 0 Å². The number of nitrogens with zero attached hydrogens (tertiary/aromatic N) is 1. The van der Waals surface area contributed by atoms with Crippen LogP contribution >= 0.6 is 11.3 Å². The normalized spacial score (nSPS) is 16.1. The van der Waals surface area contributed by atoms with Gasteiger partial charge in [-0.25, -0.2) is 0 Å². The molecule has 134 valence electrons. The summed E-state index contributed by atoms with van der Waals surface area (Å²) in [5.74, 6) is 0.760. The summed E-state index contributed by atoms with van der Waals surface area (Å²) in [5.41, 5.74) is 1.97. The minimum atomic E-state index is -0.0319. The second kappa shape index (κ2) is 8.50. The zero-order valence-electron chi connectivity index (χ0n) is 14.9. The summed E-state index contributed by atoms with van der Waals surface area (Å²) in [5, 5.41) is 7.40. The highest BCUT2D eigenvalue weighted by atomic mass is 32.1. The summed E-state index contributed by atoms with van der Waals surface area (Å²) in [6.07, 6.45) is 2.61. The molecule has 5 heteroatoms. The fraction of sp³-hybridized carbons (Fsp3) is 0.450. The lowest BCUT2D eigenvalue weighted by molar-refractivity contribution is 0.0938. The molecule has 1 aliphatic rings. The van der Waals surface area contributed by atoms with Crippen LogP contribution in [-0.2, 0) is 0 Å². The number of rotatable bonds is 7. The summed E-state index contributed by atoms with van der Waals surface area (Å²) in [4.78, 5) is 15.0. The third-order valence-corrected chi connectivity index (χ3v) is 5.16. The number of hydrogen-bond donors (Lipinski definition) is 1. The van der Waals surface area contributed by atoms with Crippen LogP contribution in [0.2, 0.25) is 0 Å². The topological polar surface area (TPSA) is 41.6 Å². The van der Waals surface area contributed by atoms with Crippen molar-refractivity contribution in [1.29, 1.82) is 0 Å². The number of nitrogens with one attached hydrogen (secondary N) is 1. The SMILES string of the molecule is CC(C)Oc1ccc(C(=O)NC[C@@H](c2ccsc2)N2CCCC2)cc1. The van der Waals surface area contributed by atoms with E-state index < -0.39 is 0 Å². The lowest BCUT2D eigenvalue weighted by atomic mass is 10.1. The van der Waals surface area contributed by atoms with Crippen LogP contribution in [-0.4, -0.2) is 36.5 Å². The fourth-order valence-electron chi connectivity index (χ4n) is 3.22. The molecule has 0 unspecified atom stereocenters. The van der Waals surface area contributed by atoms with E-state index in [0.717, 1.165) is 18.8 Å². The van der Waals surface area contributed by atoms with Crippen molar-refractivity contribution in [2.45, 2.75) is 38.8 Å². The van der Waals surface area contributed by atoms with Gasteiger partial charge in [0.2, 0.25) is 0 Å². The van der Waals surface area contributed by atoms with E-state index in [4.69, 9.17) is 4.74 Å². The average molecular weight is 359 g/mol. The van der Waals surface area contributed by atoms with Crippen LogP contribution in [0.3, 0.4) is 0 Å². The Balaban J connectivity index is 1.61. The molecule has 25 heavy (non-hydrogen) atoms. The number of amides is 1. The highest BCUT2D eigenvalue weighted by Crippen LogP contribution is 2.26. The number of hydrogen-bond acceptors (Lipinski definition) is 4. The van der Waals surface area contributed by atoms with Crippen molar-refractivity contribution in [2.75, 3.05) is 19.6 Å². The maximum absolute atomic E-state index is 12.5. The maximum atomic E-state index is 12.5. The van der Waals surface area contributed by atoms with Crippen LogP contribution in [0.5, 0.6) is 5.75 Å². The van der Waals surface area contributed by atoms with Gasteiger partial charge >= 0.3 is 0 Å². The smallest absolute Gasteiger partial charge is 0.251 e. The Kier molecular flexibility index (Phi) is 6.10. The predicted octanol–water partition coefficient (Wildman–Crippen LogP) is 4.10. The molecule has 1 aromatic heterocycles. The quantitative estimate of drug-likeness (QED) is 0.810. The first-order chi connectivity index (χ1) is 12.1. The number of ether oxygens (including phenoxy) is 1. The van der Waals surface area contributed by atoms with E-state index in [1.807, 2.05) is 38.1 Å². The molecule has 1 aromatic carbocycles. The van der Waals surface area contributed by atoms with Crippen LogP contribution in [0, 0.1) is 0 Å². The lowest BCUT2D eigenvalue weighted by Crippen LogP contribution is -2.36. The first kappa shape index (κ1) is 18.0. The molecule has 2 heterocycles. The average Bonchev–Trinajstić information content (AvgIpc) is 3.29. The molecule has 4 nitrogen and oxygen atoms in total. The van der Waals surface area contributed by atoms with Gasteiger partial charge in [0.1, 0.15) is 5.75 Å². The third kappa shape index (κ3) is 4.83. The van der Waals surface area contributed by atoms with Gasteiger partial charge in [-0.3, -0.25) is 9.69 Å². The minimum absolute atomic E-state index is 0.0319. The largest absolute Gasteiger partial charge is 0.491 e. The number of benzene rings is 1. The predicted molar refractivity (Wildman–Crippen MR) is 102 cm³/mol. The maximum Gasteiger partial charge on any atom is 0.251 e. The molecule has 1 fully saturated rings. The zero-order chi connectivity index (χ0) is 17.6. The Morgan fingerprint density at radius 2 is 1.92 bits per heavy atom. The van der Waals surface area contributed by atoms with Crippen LogP contribution < -0.4 is 10.1 Å². The summed E-state index contributed by atoms with van der Waals surface area (Å²) in [6.45, 7) is 6.84. The number of carbonyl (C=O) groups excluding carboxylic acids is 1. The van der Waals surface area contributed by atoms with Crippen molar-refractivity contribution in [3.8, 4) is 5.75 Å². The monoisotopic (exact) mass is 358 g/mol. The van der Waals surface area contributed by atoms with Crippen molar-refractivity contribution in [3.63, 3.8) is 0 Å². The molecule has 1 N–H and O–H groups in total. The molecule has 0 spiro atoms. The highest BCUT2D eigenvalue weighted by Gasteiger charge is 2.24. The molecule has 0 bridgehead atoms. The zero-order valence-corrected chi connectivity index (χ0v) is 15.7. The second-order valence-corrected chi connectivity index (χ2v) is 7.50. The van der Waals surface area contributed by atoms with Crippen LogP contribution in [0.25, 0.3) is 0 Å². The fourth-order valence-corrected chi connectivity index (χ4v) is 3.93. The lowest BCUT2D eigenvalue weighted by Gasteiger charge is -2.27. The molecule has 0 aliphatic carbocycles. The van der Waals surface area contributed by atoms with Crippen molar-refractivity contribution in [1.82, 2.24) is 10.2 Å². The molecule has 1 atom stereocenters.